The van der Waals surface area contributed by atoms with Crippen molar-refractivity contribution >= 4 is 16.3 Å². The number of fused-ring (bicyclic) bond motifs is 1. The smallest absolute Gasteiger partial charge is 0.0957 e. The van der Waals surface area contributed by atoms with E-state index in [1.54, 1.807) is 11.3 Å². The number of rotatable bonds is 1. The Hall–Kier alpha value is -1.35. The molecule has 2 aromatic heterocycles. The van der Waals surface area contributed by atoms with Crippen molar-refractivity contribution in [1.29, 1.82) is 0 Å². The highest BCUT2D eigenvalue weighted by atomic mass is 32.1. The SMILES string of the molecule is Nc1sc2c(c1-c1ccccn1)CCCCCC2. The van der Waals surface area contributed by atoms with Gasteiger partial charge in [-0.2, -0.15) is 0 Å². The van der Waals surface area contributed by atoms with Crippen LogP contribution in [0.2, 0.25) is 0 Å². The molecule has 2 N–H and O–H groups in total. The largest absolute Gasteiger partial charge is 0.390 e. The quantitative estimate of drug-likeness (QED) is 0.838. The molecule has 94 valence electrons. The number of nitrogens with two attached hydrogens (primary N) is 1. The van der Waals surface area contributed by atoms with Gasteiger partial charge >= 0.3 is 0 Å². The maximum atomic E-state index is 6.23. The van der Waals surface area contributed by atoms with E-state index in [4.69, 9.17) is 5.73 Å². The molecule has 0 bridgehead atoms. The summed E-state index contributed by atoms with van der Waals surface area (Å²) in [6.07, 6.45) is 9.48. The predicted molar refractivity (Wildman–Crippen MR) is 77.8 cm³/mol. The number of nitrogens with zero attached hydrogens (tertiary/aromatic N) is 1. The second-order valence-corrected chi connectivity index (χ2v) is 6.01. The van der Waals surface area contributed by atoms with Crippen LogP contribution in [0, 0.1) is 0 Å². The zero-order chi connectivity index (χ0) is 12.4. The molecule has 0 saturated heterocycles. The van der Waals surface area contributed by atoms with Crippen LogP contribution < -0.4 is 5.73 Å². The number of hydrogen-bond acceptors (Lipinski definition) is 3. The lowest BCUT2D eigenvalue weighted by Gasteiger charge is -2.11. The van der Waals surface area contributed by atoms with Gasteiger partial charge in [0.15, 0.2) is 0 Å². The fraction of sp³-hybridized carbons (Fsp3) is 0.400. The van der Waals surface area contributed by atoms with Gasteiger partial charge in [0.05, 0.1) is 10.7 Å². The molecule has 0 amide bonds. The van der Waals surface area contributed by atoms with E-state index in [0.29, 0.717) is 0 Å². The van der Waals surface area contributed by atoms with E-state index >= 15 is 0 Å². The third-order valence-corrected chi connectivity index (χ3v) is 4.74. The monoisotopic (exact) mass is 258 g/mol. The molecule has 0 aromatic carbocycles. The van der Waals surface area contributed by atoms with E-state index in [0.717, 1.165) is 17.1 Å². The van der Waals surface area contributed by atoms with Crippen LogP contribution in [0.4, 0.5) is 5.00 Å². The molecular formula is C15H18N2S. The van der Waals surface area contributed by atoms with Gasteiger partial charge < -0.3 is 5.73 Å². The van der Waals surface area contributed by atoms with Crippen molar-refractivity contribution in [2.75, 3.05) is 5.73 Å². The Morgan fingerprint density at radius 3 is 2.67 bits per heavy atom. The lowest BCUT2D eigenvalue weighted by Crippen LogP contribution is -1.98. The van der Waals surface area contributed by atoms with Crippen LogP contribution in [0.5, 0.6) is 0 Å². The van der Waals surface area contributed by atoms with Gasteiger partial charge in [-0.1, -0.05) is 18.9 Å². The van der Waals surface area contributed by atoms with Crippen molar-refractivity contribution in [2.24, 2.45) is 0 Å². The Bertz CT molecular complexity index is 531. The standard InChI is InChI=1S/C15H18N2S/c16-15-14(12-8-5-6-10-17-12)11-7-3-1-2-4-9-13(11)18-15/h5-6,8,10H,1-4,7,9,16H2. The molecular weight excluding hydrogens is 240 g/mol. The van der Waals surface area contributed by atoms with E-state index in [9.17, 15) is 0 Å². The molecule has 0 atom stereocenters. The first kappa shape index (κ1) is 11.7. The van der Waals surface area contributed by atoms with E-state index in [2.05, 4.69) is 11.1 Å². The summed E-state index contributed by atoms with van der Waals surface area (Å²) in [5.74, 6) is 0. The molecule has 2 heterocycles. The maximum Gasteiger partial charge on any atom is 0.0957 e. The number of aryl methyl sites for hydroxylation is 1. The van der Waals surface area contributed by atoms with Crippen LogP contribution >= 0.6 is 11.3 Å². The minimum absolute atomic E-state index is 0.945. The molecule has 0 spiro atoms. The molecule has 0 fully saturated rings. The summed E-state index contributed by atoms with van der Waals surface area (Å²) in [7, 11) is 0. The minimum Gasteiger partial charge on any atom is -0.390 e. The van der Waals surface area contributed by atoms with Crippen molar-refractivity contribution in [1.82, 2.24) is 4.98 Å². The Morgan fingerprint density at radius 2 is 1.89 bits per heavy atom. The van der Waals surface area contributed by atoms with Crippen molar-refractivity contribution in [3.8, 4) is 11.3 Å². The number of pyridine rings is 1. The Labute approximate surface area is 112 Å². The van der Waals surface area contributed by atoms with Gasteiger partial charge in [-0.25, -0.2) is 0 Å². The van der Waals surface area contributed by atoms with E-state index < -0.39 is 0 Å². The molecule has 1 aliphatic carbocycles. The van der Waals surface area contributed by atoms with Crippen LogP contribution in [-0.2, 0) is 12.8 Å². The van der Waals surface area contributed by atoms with Crippen LogP contribution in [0.25, 0.3) is 11.3 Å². The maximum absolute atomic E-state index is 6.23. The van der Waals surface area contributed by atoms with Gasteiger partial charge in [0.1, 0.15) is 0 Å². The van der Waals surface area contributed by atoms with Gasteiger partial charge in [0.2, 0.25) is 0 Å². The summed E-state index contributed by atoms with van der Waals surface area (Å²) in [5.41, 5.74) is 9.94. The Balaban J connectivity index is 2.09. The summed E-state index contributed by atoms with van der Waals surface area (Å²) < 4.78 is 0. The van der Waals surface area contributed by atoms with E-state index in [-0.39, 0.29) is 0 Å². The fourth-order valence-corrected chi connectivity index (χ4v) is 3.90. The predicted octanol–water partition coefficient (Wildman–Crippen LogP) is 4.05. The average Bonchev–Trinajstić information content (AvgIpc) is 2.66. The Morgan fingerprint density at radius 1 is 1.06 bits per heavy atom. The van der Waals surface area contributed by atoms with Crippen LogP contribution in [-0.4, -0.2) is 4.98 Å². The molecule has 3 rings (SSSR count). The first-order valence-electron chi connectivity index (χ1n) is 6.67. The minimum atomic E-state index is 0.945. The highest BCUT2D eigenvalue weighted by Crippen LogP contribution is 2.40. The van der Waals surface area contributed by atoms with E-state index in [1.165, 1.54) is 48.1 Å². The van der Waals surface area contributed by atoms with Gasteiger partial charge in [-0.15, -0.1) is 11.3 Å². The van der Waals surface area contributed by atoms with Gasteiger partial charge in [0.25, 0.3) is 0 Å². The number of anilines is 1. The van der Waals surface area contributed by atoms with Crippen molar-refractivity contribution in [3.05, 3.63) is 34.8 Å². The number of nitrogen functional groups attached to an aromatic ring is 1. The molecule has 18 heavy (non-hydrogen) atoms. The summed E-state index contributed by atoms with van der Waals surface area (Å²) >= 11 is 1.77. The van der Waals surface area contributed by atoms with Gasteiger partial charge in [-0.05, 0) is 43.4 Å². The highest BCUT2D eigenvalue weighted by molar-refractivity contribution is 7.16. The van der Waals surface area contributed by atoms with Crippen LogP contribution in [0.1, 0.15) is 36.1 Å². The van der Waals surface area contributed by atoms with Gasteiger partial charge in [0, 0.05) is 16.6 Å². The molecule has 0 radical (unpaired) electrons. The van der Waals surface area contributed by atoms with Crippen molar-refractivity contribution in [3.63, 3.8) is 0 Å². The third-order valence-electron chi connectivity index (χ3n) is 3.62. The summed E-state index contributed by atoms with van der Waals surface area (Å²) in [4.78, 5) is 5.96. The second kappa shape index (κ2) is 5.11. The van der Waals surface area contributed by atoms with Crippen LogP contribution in [0.3, 0.4) is 0 Å². The molecule has 0 saturated carbocycles. The lowest BCUT2D eigenvalue weighted by molar-refractivity contribution is 0.623. The topological polar surface area (TPSA) is 38.9 Å². The second-order valence-electron chi connectivity index (χ2n) is 4.87. The summed E-state index contributed by atoms with van der Waals surface area (Å²) in [6, 6.07) is 6.06. The molecule has 0 unspecified atom stereocenters. The first-order valence-corrected chi connectivity index (χ1v) is 7.49. The highest BCUT2D eigenvalue weighted by Gasteiger charge is 2.19. The fourth-order valence-electron chi connectivity index (χ4n) is 2.73. The molecule has 0 aliphatic heterocycles. The molecule has 1 aliphatic rings. The zero-order valence-corrected chi connectivity index (χ0v) is 11.3. The molecule has 2 aromatic rings. The van der Waals surface area contributed by atoms with E-state index in [1.807, 2.05) is 18.3 Å². The zero-order valence-electron chi connectivity index (χ0n) is 10.5. The first-order chi connectivity index (χ1) is 8.86. The number of aromatic nitrogens is 1. The van der Waals surface area contributed by atoms with Gasteiger partial charge in [-0.3, -0.25) is 4.98 Å². The molecule has 3 heteroatoms. The number of hydrogen-bond donors (Lipinski definition) is 1. The van der Waals surface area contributed by atoms with Crippen LogP contribution in [0.15, 0.2) is 24.4 Å². The van der Waals surface area contributed by atoms with Crippen molar-refractivity contribution in [2.45, 2.75) is 38.5 Å². The summed E-state index contributed by atoms with van der Waals surface area (Å²) in [6.45, 7) is 0. The number of thiophene rings is 1. The van der Waals surface area contributed by atoms with Crippen molar-refractivity contribution < 1.29 is 0 Å². The lowest BCUT2D eigenvalue weighted by atomic mass is 9.95. The summed E-state index contributed by atoms with van der Waals surface area (Å²) in [5, 5.41) is 0.945. The third kappa shape index (κ3) is 2.15. The average molecular weight is 258 g/mol. The molecule has 2 nitrogen and oxygen atoms in total. The normalized spacial score (nSPS) is 15.8. The Kier molecular flexibility index (Phi) is 3.33.